The molecule has 1 heterocycles. The summed E-state index contributed by atoms with van der Waals surface area (Å²) < 4.78 is 14.7. The molecule has 2 aromatic rings. The fourth-order valence-electron chi connectivity index (χ4n) is 2.51. The highest BCUT2D eigenvalue weighted by Gasteiger charge is 2.14. The van der Waals surface area contributed by atoms with Gasteiger partial charge in [-0.2, -0.15) is 0 Å². The average molecular weight is 354 g/mol. The number of hydrogen-bond donors (Lipinski definition) is 2. The normalized spacial score (nSPS) is 12.9. The van der Waals surface area contributed by atoms with Crippen molar-refractivity contribution in [3.8, 4) is 11.3 Å². The highest BCUT2D eigenvalue weighted by Crippen LogP contribution is 2.25. The van der Waals surface area contributed by atoms with Crippen molar-refractivity contribution in [2.75, 3.05) is 6.54 Å². The summed E-state index contributed by atoms with van der Waals surface area (Å²) in [5, 5.41) is 0. The number of rotatable bonds is 6. The van der Waals surface area contributed by atoms with E-state index >= 15 is 0 Å². The third-order valence-electron chi connectivity index (χ3n) is 3.47. The maximum absolute atomic E-state index is 13.9. The van der Waals surface area contributed by atoms with Crippen LogP contribution in [0.5, 0.6) is 0 Å². The Morgan fingerprint density at radius 2 is 2.14 bits per heavy atom. The van der Waals surface area contributed by atoms with E-state index in [4.69, 9.17) is 5.73 Å². The molecule has 0 saturated carbocycles. The van der Waals surface area contributed by atoms with Crippen LogP contribution in [0.3, 0.4) is 0 Å². The van der Waals surface area contributed by atoms with Crippen molar-refractivity contribution in [3.05, 3.63) is 40.5 Å². The molecule has 0 aliphatic carbocycles. The lowest BCUT2D eigenvalue weighted by atomic mass is 9.94. The van der Waals surface area contributed by atoms with E-state index in [9.17, 15) is 4.39 Å². The van der Waals surface area contributed by atoms with Crippen LogP contribution < -0.4 is 5.73 Å². The number of nitrogens with zero attached hydrogens (tertiary/aromatic N) is 1. The minimum atomic E-state index is -0.258. The van der Waals surface area contributed by atoms with Gasteiger partial charge in [-0.1, -0.05) is 29.8 Å². The smallest absolute Gasteiger partial charge is 0.132 e. The molecule has 0 radical (unpaired) electrons. The van der Waals surface area contributed by atoms with Gasteiger partial charge in [-0.05, 0) is 43.0 Å². The molecule has 3 N–H and O–H groups in total. The highest BCUT2D eigenvalue weighted by molar-refractivity contribution is 9.10. The number of halogens is 2. The van der Waals surface area contributed by atoms with Crippen molar-refractivity contribution in [3.63, 3.8) is 0 Å². The van der Waals surface area contributed by atoms with Crippen LogP contribution in [0.4, 0.5) is 4.39 Å². The van der Waals surface area contributed by atoms with Gasteiger partial charge in [0.1, 0.15) is 11.6 Å². The summed E-state index contributed by atoms with van der Waals surface area (Å²) in [5.41, 5.74) is 7.05. The van der Waals surface area contributed by atoms with E-state index in [-0.39, 0.29) is 5.82 Å². The van der Waals surface area contributed by atoms with E-state index in [1.165, 1.54) is 6.07 Å². The Balaban J connectivity index is 2.16. The van der Waals surface area contributed by atoms with E-state index in [1.807, 2.05) is 0 Å². The van der Waals surface area contributed by atoms with E-state index < -0.39 is 0 Å². The van der Waals surface area contributed by atoms with Crippen molar-refractivity contribution < 1.29 is 4.39 Å². The molecule has 0 amide bonds. The molecule has 1 atom stereocenters. The Kier molecular flexibility index (Phi) is 5.53. The Labute approximate surface area is 133 Å². The third-order valence-corrected chi connectivity index (χ3v) is 3.96. The van der Waals surface area contributed by atoms with Crippen LogP contribution in [0.25, 0.3) is 11.3 Å². The first-order chi connectivity index (χ1) is 9.99. The molecule has 3 nitrogen and oxygen atoms in total. The van der Waals surface area contributed by atoms with E-state index in [0.29, 0.717) is 29.6 Å². The van der Waals surface area contributed by atoms with Gasteiger partial charge in [0.15, 0.2) is 0 Å². The van der Waals surface area contributed by atoms with Crippen molar-refractivity contribution in [2.24, 2.45) is 17.6 Å². The molecule has 1 unspecified atom stereocenters. The van der Waals surface area contributed by atoms with Crippen molar-refractivity contribution in [1.29, 1.82) is 0 Å². The van der Waals surface area contributed by atoms with Crippen LogP contribution in [0, 0.1) is 17.7 Å². The lowest BCUT2D eigenvalue weighted by Crippen LogP contribution is -2.19. The standard InChI is InChI=1S/C16H21BrFN3/c1-10(2)5-11(8-19)6-16-20-9-15(21-16)13-7-12(17)3-4-14(13)18/h3-4,7,9-11H,5-6,8,19H2,1-2H3,(H,20,21). The molecule has 0 aliphatic heterocycles. The Bertz CT molecular complexity index is 595. The summed E-state index contributed by atoms with van der Waals surface area (Å²) in [4.78, 5) is 7.57. The minimum absolute atomic E-state index is 0.258. The van der Waals surface area contributed by atoms with Crippen LogP contribution in [-0.2, 0) is 6.42 Å². The molecule has 1 aromatic carbocycles. The first kappa shape index (κ1) is 16.2. The number of benzene rings is 1. The van der Waals surface area contributed by atoms with Crippen molar-refractivity contribution in [2.45, 2.75) is 26.7 Å². The second-order valence-electron chi connectivity index (χ2n) is 5.80. The average Bonchev–Trinajstić information content (AvgIpc) is 2.88. The van der Waals surface area contributed by atoms with Gasteiger partial charge < -0.3 is 10.7 Å². The Hall–Kier alpha value is -1.20. The monoisotopic (exact) mass is 353 g/mol. The summed E-state index contributed by atoms with van der Waals surface area (Å²) in [6, 6.07) is 4.88. The van der Waals surface area contributed by atoms with Crippen LogP contribution in [0.1, 0.15) is 26.1 Å². The molecule has 0 spiro atoms. The fourth-order valence-corrected chi connectivity index (χ4v) is 2.87. The first-order valence-corrected chi connectivity index (χ1v) is 7.98. The molecular weight excluding hydrogens is 333 g/mol. The molecule has 114 valence electrons. The number of imidazole rings is 1. The van der Waals surface area contributed by atoms with Gasteiger partial charge in [-0.15, -0.1) is 0 Å². The number of aromatic nitrogens is 2. The predicted molar refractivity (Wildman–Crippen MR) is 87.4 cm³/mol. The van der Waals surface area contributed by atoms with Gasteiger partial charge in [0, 0.05) is 16.5 Å². The zero-order chi connectivity index (χ0) is 15.4. The lowest BCUT2D eigenvalue weighted by molar-refractivity contribution is 0.409. The van der Waals surface area contributed by atoms with Gasteiger partial charge in [0.25, 0.3) is 0 Å². The number of nitrogens with two attached hydrogens (primary N) is 1. The van der Waals surface area contributed by atoms with Gasteiger partial charge in [0.2, 0.25) is 0 Å². The molecule has 21 heavy (non-hydrogen) atoms. The summed E-state index contributed by atoms with van der Waals surface area (Å²) in [6.45, 7) is 5.01. The van der Waals surface area contributed by atoms with Crippen LogP contribution in [0.15, 0.2) is 28.9 Å². The molecule has 0 aliphatic rings. The highest BCUT2D eigenvalue weighted by atomic mass is 79.9. The topological polar surface area (TPSA) is 54.7 Å². The summed E-state index contributed by atoms with van der Waals surface area (Å²) in [7, 11) is 0. The minimum Gasteiger partial charge on any atom is -0.342 e. The van der Waals surface area contributed by atoms with Gasteiger partial charge in [-0.3, -0.25) is 0 Å². The zero-order valence-corrected chi connectivity index (χ0v) is 14.0. The second kappa shape index (κ2) is 7.18. The van der Waals surface area contributed by atoms with Gasteiger partial charge in [0.05, 0.1) is 11.9 Å². The van der Waals surface area contributed by atoms with Gasteiger partial charge >= 0.3 is 0 Å². The molecule has 0 saturated heterocycles. The Morgan fingerprint density at radius 1 is 1.38 bits per heavy atom. The number of hydrogen-bond acceptors (Lipinski definition) is 2. The fraction of sp³-hybridized carbons (Fsp3) is 0.438. The maximum Gasteiger partial charge on any atom is 0.132 e. The number of aromatic amines is 1. The zero-order valence-electron chi connectivity index (χ0n) is 12.4. The van der Waals surface area contributed by atoms with Gasteiger partial charge in [-0.25, -0.2) is 9.37 Å². The van der Waals surface area contributed by atoms with Crippen LogP contribution in [0.2, 0.25) is 0 Å². The third kappa shape index (κ3) is 4.38. The molecular formula is C16H21BrFN3. The predicted octanol–water partition coefficient (Wildman–Crippen LogP) is 4.14. The number of nitrogens with one attached hydrogen (secondary N) is 1. The van der Waals surface area contributed by atoms with E-state index in [1.54, 1.807) is 18.3 Å². The van der Waals surface area contributed by atoms with Crippen LogP contribution in [-0.4, -0.2) is 16.5 Å². The largest absolute Gasteiger partial charge is 0.342 e. The van der Waals surface area contributed by atoms with E-state index in [2.05, 4.69) is 39.7 Å². The first-order valence-electron chi connectivity index (χ1n) is 7.19. The molecule has 1 aromatic heterocycles. The second-order valence-corrected chi connectivity index (χ2v) is 6.72. The summed E-state index contributed by atoms with van der Waals surface area (Å²) >= 11 is 3.36. The van der Waals surface area contributed by atoms with Crippen LogP contribution >= 0.6 is 15.9 Å². The summed E-state index contributed by atoms with van der Waals surface area (Å²) in [5.74, 6) is 1.61. The molecule has 0 bridgehead atoms. The number of H-pyrrole nitrogens is 1. The van der Waals surface area contributed by atoms with Crippen molar-refractivity contribution in [1.82, 2.24) is 9.97 Å². The van der Waals surface area contributed by atoms with E-state index in [0.717, 1.165) is 23.1 Å². The lowest BCUT2D eigenvalue weighted by Gasteiger charge is -2.15. The SMILES string of the molecule is CC(C)CC(CN)Cc1ncc(-c2cc(Br)ccc2F)[nH]1. The molecule has 5 heteroatoms. The Morgan fingerprint density at radius 3 is 2.81 bits per heavy atom. The molecule has 0 fully saturated rings. The molecule has 2 rings (SSSR count). The summed E-state index contributed by atoms with van der Waals surface area (Å²) in [6.07, 6.45) is 3.55. The quantitative estimate of drug-likeness (QED) is 0.819. The maximum atomic E-state index is 13.9. The van der Waals surface area contributed by atoms with Crippen molar-refractivity contribution >= 4 is 15.9 Å².